The molecule has 0 amide bonds. The number of hydrogen-bond acceptors (Lipinski definition) is 0. The molecule has 0 N–H and O–H groups in total. The fourth-order valence-electron chi connectivity index (χ4n) is 5.76. The Balaban J connectivity index is 1.45. The van der Waals surface area contributed by atoms with Crippen LogP contribution in [-0.4, -0.2) is 0 Å². The molecule has 0 nitrogen and oxygen atoms in total. The van der Waals surface area contributed by atoms with Gasteiger partial charge in [0, 0.05) is 0 Å². The lowest BCUT2D eigenvalue weighted by Crippen LogP contribution is -2.14. The first-order valence-corrected chi connectivity index (χ1v) is 10.2. The van der Waals surface area contributed by atoms with E-state index in [0.717, 1.165) is 12.3 Å². The average molecular weight is 328 g/mol. The van der Waals surface area contributed by atoms with Crippen LogP contribution in [0.3, 0.4) is 0 Å². The monoisotopic (exact) mass is 328 g/mol. The summed E-state index contributed by atoms with van der Waals surface area (Å²) in [6, 6.07) is 16.1. The summed E-state index contributed by atoms with van der Waals surface area (Å²) in [5.41, 5.74) is 9.59. The van der Waals surface area contributed by atoms with Gasteiger partial charge in [-0.15, -0.1) is 0 Å². The standard InChI is InChI=1S/C25H28/c1-2-18-6-8-21(9-7-18)23-5-3-4-22-14-20(15-24(22)23)17-25-12-10-19(16-25)11-13-25/h3-9,15,19H,2,10-14,16-17H2,1H3. The molecular formula is C25H28. The maximum atomic E-state index is 2.54. The molecule has 0 saturated heterocycles. The lowest BCUT2D eigenvalue weighted by atomic mass is 9.78. The van der Waals surface area contributed by atoms with Crippen molar-refractivity contribution in [1.29, 1.82) is 0 Å². The highest BCUT2D eigenvalue weighted by Crippen LogP contribution is 2.57. The highest BCUT2D eigenvalue weighted by Gasteiger charge is 2.45. The van der Waals surface area contributed by atoms with E-state index in [1.165, 1.54) is 72.8 Å². The summed E-state index contributed by atoms with van der Waals surface area (Å²) in [6.07, 6.45) is 13.7. The minimum atomic E-state index is 0.668. The molecule has 2 bridgehead atoms. The van der Waals surface area contributed by atoms with E-state index in [1.54, 1.807) is 5.57 Å². The minimum Gasteiger partial charge on any atom is -0.0646 e. The van der Waals surface area contributed by atoms with Crippen molar-refractivity contribution in [2.75, 3.05) is 0 Å². The SMILES string of the molecule is CCc1ccc(-c2cccc3c2C=C(CC24CCC(CC2)C4)C3)cc1. The Hall–Kier alpha value is -1.82. The molecule has 0 heteroatoms. The quantitative estimate of drug-likeness (QED) is 0.577. The Kier molecular flexibility index (Phi) is 3.62. The van der Waals surface area contributed by atoms with Gasteiger partial charge in [-0.05, 0) is 90.5 Å². The summed E-state index contributed by atoms with van der Waals surface area (Å²) in [6.45, 7) is 2.22. The van der Waals surface area contributed by atoms with Crippen molar-refractivity contribution in [3.8, 4) is 11.1 Å². The van der Waals surface area contributed by atoms with Crippen molar-refractivity contribution < 1.29 is 0 Å². The molecule has 25 heavy (non-hydrogen) atoms. The van der Waals surface area contributed by atoms with Crippen LogP contribution in [0.1, 0.15) is 62.1 Å². The van der Waals surface area contributed by atoms with Gasteiger partial charge in [0.25, 0.3) is 0 Å². The molecule has 0 aromatic heterocycles. The molecule has 0 aliphatic heterocycles. The first kappa shape index (κ1) is 15.4. The van der Waals surface area contributed by atoms with Crippen molar-refractivity contribution >= 4 is 6.08 Å². The smallest absolute Gasteiger partial charge is 0.00574 e. The molecule has 128 valence electrons. The second kappa shape index (κ2) is 5.87. The number of allylic oxidation sites excluding steroid dienone is 1. The summed E-state index contributed by atoms with van der Waals surface area (Å²) in [7, 11) is 0. The van der Waals surface area contributed by atoms with E-state index in [0.29, 0.717) is 5.41 Å². The van der Waals surface area contributed by atoms with E-state index in [2.05, 4.69) is 55.5 Å². The van der Waals surface area contributed by atoms with Gasteiger partial charge in [0.05, 0.1) is 0 Å². The first-order chi connectivity index (χ1) is 12.2. The number of fused-ring (bicyclic) bond motifs is 3. The predicted molar refractivity (Wildman–Crippen MR) is 107 cm³/mol. The van der Waals surface area contributed by atoms with Gasteiger partial charge in [-0.3, -0.25) is 0 Å². The normalized spacial score (nSPS) is 26.8. The van der Waals surface area contributed by atoms with E-state index in [9.17, 15) is 0 Å². The molecule has 0 spiro atoms. The van der Waals surface area contributed by atoms with E-state index in [-0.39, 0.29) is 0 Å². The third-order valence-corrected chi connectivity index (χ3v) is 7.13. The molecule has 0 heterocycles. The molecule has 0 atom stereocenters. The van der Waals surface area contributed by atoms with Gasteiger partial charge in [-0.2, -0.15) is 0 Å². The highest BCUT2D eigenvalue weighted by atomic mass is 14.5. The molecule has 0 unspecified atom stereocenters. The Bertz CT molecular complexity index is 814. The van der Waals surface area contributed by atoms with Crippen LogP contribution in [0, 0.1) is 11.3 Å². The Labute approximate surface area is 152 Å². The van der Waals surface area contributed by atoms with Crippen LogP contribution in [0.4, 0.5) is 0 Å². The molecule has 2 saturated carbocycles. The van der Waals surface area contributed by atoms with Crippen LogP contribution in [0.5, 0.6) is 0 Å². The third kappa shape index (κ3) is 2.67. The van der Waals surface area contributed by atoms with Crippen molar-refractivity contribution in [3.05, 3.63) is 64.7 Å². The summed E-state index contributed by atoms with van der Waals surface area (Å²) in [5, 5.41) is 0. The number of hydrogen-bond donors (Lipinski definition) is 0. The van der Waals surface area contributed by atoms with Crippen LogP contribution in [0.2, 0.25) is 0 Å². The first-order valence-electron chi connectivity index (χ1n) is 10.2. The maximum Gasteiger partial charge on any atom is -0.00574 e. The summed E-state index contributed by atoms with van der Waals surface area (Å²) < 4.78 is 0. The number of aryl methyl sites for hydroxylation is 1. The van der Waals surface area contributed by atoms with Gasteiger partial charge in [0.1, 0.15) is 0 Å². The zero-order chi connectivity index (χ0) is 16.9. The Morgan fingerprint density at radius 2 is 1.80 bits per heavy atom. The average Bonchev–Trinajstić information content (AvgIpc) is 3.35. The van der Waals surface area contributed by atoms with E-state index >= 15 is 0 Å². The summed E-state index contributed by atoms with van der Waals surface area (Å²) >= 11 is 0. The summed E-state index contributed by atoms with van der Waals surface area (Å²) in [5.74, 6) is 1.05. The second-order valence-electron chi connectivity index (χ2n) is 8.73. The molecule has 3 aliphatic carbocycles. The molecule has 2 aromatic rings. The summed E-state index contributed by atoms with van der Waals surface area (Å²) in [4.78, 5) is 0. The molecule has 2 aromatic carbocycles. The largest absolute Gasteiger partial charge is 0.0646 e. The zero-order valence-electron chi connectivity index (χ0n) is 15.4. The van der Waals surface area contributed by atoms with Crippen molar-refractivity contribution in [2.24, 2.45) is 11.3 Å². The van der Waals surface area contributed by atoms with Gasteiger partial charge in [-0.25, -0.2) is 0 Å². The van der Waals surface area contributed by atoms with Crippen LogP contribution in [0.25, 0.3) is 17.2 Å². The zero-order valence-corrected chi connectivity index (χ0v) is 15.4. The fraction of sp³-hybridized carbons (Fsp3) is 0.440. The third-order valence-electron chi connectivity index (χ3n) is 7.13. The van der Waals surface area contributed by atoms with E-state index in [1.807, 2.05) is 0 Å². The van der Waals surface area contributed by atoms with Crippen molar-refractivity contribution in [1.82, 2.24) is 0 Å². The number of benzene rings is 2. The second-order valence-corrected chi connectivity index (χ2v) is 8.73. The molecule has 5 rings (SSSR count). The minimum absolute atomic E-state index is 0.668. The van der Waals surface area contributed by atoms with Crippen LogP contribution in [0.15, 0.2) is 48.0 Å². The van der Waals surface area contributed by atoms with Crippen molar-refractivity contribution in [3.63, 3.8) is 0 Å². The lowest BCUT2D eigenvalue weighted by Gasteiger charge is -2.27. The fourth-order valence-corrected chi connectivity index (χ4v) is 5.76. The highest BCUT2D eigenvalue weighted by molar-refractivity contribution is 5.80. The van der Waals surface area contributed by atoms with Gasteiger partial charge >= 0.3 is 0 Å². The van der Waals surface area contributed by atoms with Crippen molar-refractivity contribution in [2.45, 2.75) is 58.3 Å². The Morgan fingerprint density at radius 1 is 1.00 bits per heavy atom. The predicted octanol–water partition coefficient (Wildman–Crippen LogP) is 6.83. The van der Waals surface area contributed by atoms with Gasteiger partial charge < -0.3 is 0 Å². The van der Waals surface area contributed by atoms with Crippen LogP contribution in [-0.2, 0) is 12.8 Å². The lowest BCUT2D eigenvalue weighted by molar-refractivity contribution is 0.291. The topological polar surface area (TPSA) is 0 Å². The van der Waals surface area contributed by atoms with Crippen LogP contribution < -0.4 is 0 Å². The Morgan fingerprint density at radius 3 is 2.48 bits per heavy atom. The van der Waals surface area contributed by atoms with E-state index in [4.69, 9.17) is 0 Å². The van der Waals surface area contributed by atoms with Crippen LogP contribution >= 0.6 is 0 Å². The van der Waals surface area contributed by atoms with Gasteiger partial charge in [0.15, 0.2) is 0 Å². The molecular weight excluding hydrogens is 300 g/mol. The van der Waals surface area contributed by atoms with Gasteiger partial charge in [-0.1, -0.05) is 61.0 Å². The molecule has 2 fully saturated rings. The maximum absolute atomic E-state index is 2.54. The van der Waals surface area contributed by atoms with E-state index < -0.39 is 0 Å². The molecule has 3 aliphatic rings. The molecule has 0 radical (unpaired) electrons. The number of rotatable bonds is 4. The van der Waals surface area contributed by atoms with Gasteiger partial charge in [0.2, 0.25) is 0 Å².